The van der Waals surface area contributed by atoms with Gasteiger partial charge in [-0.1, -0.05) is 6.92 Å². The van der Waals surface area contributed by atoms with Crippen molar-refractivity contribution in [2.45, 2.75) is 56.6 Å². The maximum atomic E-state index is 11.5. The molecule has 0 saturated carbocycles. The van der Waals surface area contributed by atoms with Crippen molar-refractivity contribution in [1.82, 2.24) is 4.90 Å². The van der Waals surface area contributed by atoms with E-state index in [2.05, 4.69) is 0 Å². The predicted octanol–water partition coefficient (Wildman–Crippen LogP) is -1.13. The van der Waals surface area contributed by atoms with Crippen molar-refractivity contribution < 1.29 is 24.9 Å². The largest absolute Gasteiger partial charge is 0.461 e. The molecule has 0 aromatic carbocycles. The van der Waals surface area contributed by atoms with Crippen molar-refractivity contribution in [2.24, 2.45) is 0 Å². The van der Waals surface area contributed by atoms with Crippen LogP contribution in [0.5, 0.6) is 0 Å². The van der Waals surface area contributed by atoms with Gasteiger partial charge in [-0.3, -0.25) is 9.69 Å². The lowest BCUT2D eigenvalue weighted by molar-refractivity contribution is -0.165. The highest BCUT2D eigenvalue weighted by molar-refractivity contribution is 5.69. The molecule has 0 radical (unpaired) electrons. The van der Waals surface area contributed by atoms with Crippen LogP contribution in [0.1, 0.15) is 26.2 Å². The summed E-state index contributed by atoms with van der Waals surface area (Å²) in [6.45, 7) is 2.87. The quantitative estimate of drug-likeness (QED) is 0.556. The summed E-state index contributed by atoms with van der Waals surface area (Å²) >= 11 is 0. The molecule has 18 heavy (non-hydrogen) atoms. The zero-order chi connectivity index (χ0) is 13.3. The fourth-order valence-corrected chi connectivity index (χ4v) is 2.84. The Hall–Kier alpha value is -0.690. The van der Waals surface area contributed by atoms with E-state index in [9.17, 15) is 20.1 Å². The minimum absolute atomic E-state index is 0.267. The van der Waals surface area contributed by atoms with E-state index in [1.54, 1.807) is 0 Å². The Bertz CT molecular complexity index is 311. The van der Waals surface area contributed by atoms with Gasteiger partial charge in [0.15, 0.2) is 0 Å². The summed E-state index contributed by atoms with van der Waals surface area (Å²) in [5.74, 6) is -0.267. The molecule has 2 rings (SSSR count). The second-order valence-corrected chi connectivity index (χ2v) is 5.10. The Labute approximate surface area is 106 Å². The Morgan fingerprint density at radius 2 is 2.06 bits per heavy atom. The predicted molar refractivity (Wildman–Crippen MR) is 62.8 cm³/mol. The first-order chi connectivity index (χ1) is 8.54. The Morgan fingerprint density at radius 3 is 2.72 bits per heavy atom. The van der Waals surface area contributed by atoms with E-state index in [1.807, 2.05) is 11.8 Å². The molecular weight excluding hydrogens is 238 g/mol. The van der Waals surface area contributed by atoms with Crippen molar-refractivity contribution in [3.8, 4) is 0 Å². The number of piperidine rings is 1. The molecular formula is C12H21NO5. The van der Waals surface area contributed by atoms with Crippen LogP contribution in [0.15, 0.2) is 0 Å². The van der Waals surface area contributed by atoms with E-state index in [4.69, 9.17) is 4.74 Å². The molecule has 2 fully saturated rings. The zero-order valence-electron chi connectivity index (χ0n) is 10.5. The number of esters is 1. The summed E-state index contributed by atoms with van der Waals surface area (Å²) < 4.78 is 5.34. The van der Waals surface area contributed by atoms with Crippen molar-refractivity contribution in [2.75, 3.05) is 13.1 Å². The van der Waals surface area contributed by atoms with E-state index in [0.29, 0.717) is 25.9 Å². The average molecular weight is 259 g/mol. The van der Waals surface area contributed by atoms with Crippen LogP contribution < -0.4 is 0 Å². The molecule has 0 spiro atoms. The van der Waals surface area contributed by atoms with Gasteiger partial charge in [-0.05, 0) is 12.8 Å². The molecule has 2 heterocycles. The van der Waals surface area contributed by atoms with E-state index in [-0.39, 0.29) is 12.1 Å². The van der Waals surface area contributed by atoms with E-state index in [0.717, 1.165) is 6.42 Å². The third-order valence-corrected chi connectivity index (χ3v) is 3.76. The number of fused-ring (bicyclic) bond motifs is 1. The van der Waals surface area contributed by atoms with E-state index < -0.39 is 24.4 Å². The molecule has 3 N–H and O–H groups in total. The van der Waals surface area contributed by atoms with Crippen LogP contribution in [-0.2, 0) is 9.53 Å². The Kier molecular flexibility index (Phi) is 4.21. The molecule has 0 aromatic heterocycles. The normalized spacial score (nSPS) is 40.6. The van der Waals surface area contributed by atoms with Crippen LogP contribution in [0.3, 0.4) is 0 Å². The Balaban J connectivity index is 2.01. The highest BCUT2D eigenvalue weighted by atomic mass is 16.5. The molecule has 0 amide bonds. The number of aliphatic hydroxyl groups is 3. The van der Waals surface area contributed by atoms with Crippen LogP contribution in [0, 0.1) is 0 Å². The summed E-state index contributed by atoms with van der Waals surface area (Å²) in [6, 6.07) is -0.399. The monoisotopic (exact) mass is 259 g/mol. The molecule has 0 unspecified atom stereocenters. The number of nitrogens with zero attached hydrogens (tertiary/aromatic N) is 1. The first kappa shape index (κ1) is 13.7. The van der Waals surface area contributed by atoms with Gasteiger partial charge in [-0.25, -0.2) is 0 Å². The second-order valence-electron chi connectivity index (χ2n) is 5.10. The maximum absolute atomic E-state index is 11.5. The number of hydrogen-bond donors (Lipinski definition) is 3. The number of aliphatic hydroxyl groups excluding tert-OH is 3. The van der Waals surface area contributed by atoms with E-state index >= 15 is 0 Å². The van der Waals surface area contributed by atoms with Gasteiger partial charge in [-0.15, -0.1) is 0 Å². The lowest BCUT2D eigenvalue weighted by atomic mass is 9.93. The number of carbonyl (C=O) groups excluding carboxylic acids is 1. The van der Waals surface area contributed by atoms with E-state index in [1.165, 1.54) is 0 Å². The van der Waals surface area contributed by atoms with Crippen LogP contribution in [-0.4, -0.2) is 69.7 Å². The van der Waals surface area contributed by atoms with Gasteiger partial charge in [0.1, 0.15) is 18.3 Å². The Morgan fingerprint density at radius 1 is 1.33 bits per heavy atom. The molecule has 0 aromatic rings. The molecule has 5 atom stereocenters. The summed E-state index contributed by atoms with van der Waals surface area (Å²) in [7, 11) is 0. The molecule has 0 bridgehead atoms. The van der Waals surface area contributed by atoms with Crippen LogP contribution in [0.2, 0.25) is 0 Å². The molecule has 2 aliphatic heterocycles. The molecule has 104 valence electrons. The first-order valence-electron chi connectivity index (χ1n) is 6.52. The van der Waals surface area contributed by atoms with Crippen molar-refractivity contribution in [3.05, 3.63) is 0 Å². The van der Waals surface area contributed by atoms with Gasteiger partial charge in [0.05, 0.1) is 12.1 Å². The third-order valence-electron chi connectivity index (χ3n) is 3.76. The standard InChI is InChI=1S/C12H21NO5/c1-2-3-9(15)18-8-4-5-13-6-7(14)11(16)12(17)10(8)13/h7-8,10-12,14,16-17H,2-6H2,1H3/t7-,8-,10+,11+,12+/m0/s1. The fourth-order valence-electron chi connectivity index (χ4n) is 2.84. The highest BCUT2D eigenvalue weighted by Crippen LogP contribution is 2.30. The first-order valence-corrected chi connectivity index (χ1v) is 6.52. The van der Waals surface area contributed by atoms with Crippen LogP contribution in [0.25, 0.3) is 0 Å². The number of carbonyl (C=O) groups is 1. The van der Waals surface area contributed by atoms with Gasteiger partial charge >= 0.3 is 5.97 Å². The van der Waals surface area contributed by atoms with Gasteiger partial charge in [0.2, 0.25) is 0 Å². The number of hydrogen-bond acceptors (Lipinski definition) is 6. The minimum Gasteiger partial charge on any atom is -0.461 e. The molecule has 6 heteroatoms. The zero-order valence-corrected chi connectivity index (χ0v) is 10.5. The van der Waals surface area contributed by atoms with Crippen LogP contribution >= 0.6 is 0 Å². The smallest absolute Gasteiger partial charge is 0.306 e. The van der Waals surface area contributed by atoms with Gasteiger partial charge in [0.25, 0.3) is 0 Å². The van der Waals surface area contributed by atoms with Crippen molar-refractivity contribution in [3.63, 3.8) is 0 Å². The average Bonchev–Trinajstić information content (AvgIpc) is 2.69. The van der Waals surface area contributed by atoms with Gasteiger partial charge < -0.3 is 20.1 Å². The lowest BCUT2D eigenvalue weighted by Gasteiger charge is -2.41. The fraction of sp³-hybridized carbons (Fsp3) is 0.917. The third kappa shape index (κ3) is 2.51. The lowest BCUT2D eigenvalue weighted by Crippen LogP contribution is -2.61. The minimum atomic E-state index is -1.17. The maximum Gasteiger partial charge on any atom is 0.306 e. The molecule has 0 aliphatic carbocycles. The van der Waals surface area contributed by atoms with Crippen molar-refractivity contribution in [1.29, 1.82) is 0 Å². The molecule has 2 saturated heterocycles. The van der Waals surface area contributed by atoms with Gasteiger partial charge in [-0.2, -0.15) is 0 Å². The summed E-state index contributed by atoms with van der Waals surface area (Å²) in [6.07, 6.45) is -1.85. The number of rotatable bonds is 3. The second kappa shape index (κ2) is 5.52. The highest BCUT2D eigenvalue weighted by Gasteiger charge is 2.49. The topological polar surface area (TPSA) is 90.2 Å². The number of ether oxygens (including phenoxy) is 1. The van der Waals surface area contributed by atoms with Crippen LogP contribution in [0.4, 0.5) is 0 Å². The summed E-state index contributed by atoms with van der Waals surface area (Å²) in [5, 5.41) is 29.3. The van der Waals surface area contributed by atoms with Gasteiger partial charge in [0, 0.05) is 19.5 Å². The summed E-state index contributed by atoms with van der Waals surface area (Å²) in [4.78, 5) is 13.4. The molecule has 2 aliphatic rings. The molecule has 6 nitrogen and oxygen atoms in total. The van der Waals surface area contributed by atoms with Crippen molar-refractivity contribution >= 4 is 5.97 Å². The summed E-state index contributed by atoms with van der Waals surface area (Å²) in [5.41, 5.74) is 0. The SMILES string of the molecule is CCCC(=O)O[C@H]1CCN2C[C@H](O)[C@@H](O)[C@H](O)[C@@H]12.